The monoisotopic (exact) mass is 376 g/mol. The number of aromatic hydroxyl groups is 1. The third-order valence-electron chi connectivity index (χ3n) is 5.72. The second-order valence-electron chi connectivity index (χ2n) is 8.92. The molecule has 1 unspecified atom stereocenters. The summed E-state index contributed by atoms with van der Waals surface area (Å²) in [6.45, 7) is 15.4. The molecule has 0 saturated heterocycles. The van der Waals surface area contributed by atoms with Crippen LogP contribution in [0.2, 0.25) is 18.1 Å². The van der Waals surface area contributed by atoms with Crippen molar-refractivity contribution in [2.24, 2.45) is 0 Å². The van der Waals surface area contributed by atoms with Gasteiger partial charge in [-0.25, -0.2) is 0 Å². The van der Waals surface area contributed by atoms with E-state index in [9.17, 15) is 5.11 Å². The van der Waals surface area contributed by atoms with E-state index >= 15 is 0 Å². The summed E-state index contributed by atoms with van der Waals surface area (Å²) in [6.07, 6.45) is 9.78. The molecule has 0 spiro atoms. The van der Waals surface area contributed by atoms with Gasteiger partial charge in [-0.15, -0.1) is 0 Å². The molecule has 1 aromatic carbocycles. The lowest BCUT2D eigenvalue weighted by atomic mass is 9.99. The van der Waals surface area contributed by atoms with Crippen LogP contribution in [0.25, 0.3) is 6.08 Å². The molecule has 0 saturated carbocycles. The first-order chi connectivity index (χ1) is 12.1. The van der Waals surface area contributed by atoms with Crippen molar-refractivity contribution in [3.63, 3.8) is 0 Å². The van der Waals surface area contributed by atoms with Gasteiger partial charge in [-0.05, 0) is 37.9 Å². The highest BCUT2D eigenvalue weighted by Crippen LogP contribution is 2.47. The van der Waals surface area contributed by atoms with Crippen molar-refractivity contribution in [3.8, 4) is 17.2 Å². The lowest BCUT2D eigenvalue weighted by molar-refractivity contribution is 0.210. The molecule has 1 aliphatic rings. The predicted octanol–water partition coefficient (Wildman–Crippen LogP) is 6.69. The largest absolute Gasteiger partial charge is 0.543 e. The van der Waals surface area contributed by atoms with Crippen molar-refractivity contribution >= 4 is 14.4 Å². The lowest BCUT2D eigenvalue weighted by Crippen LogP contribution is -2.44. The van der Waals surface area contributed by atoms with Crippen LogP contribution in [0.5, 0.6) is 17.2 Å². The van der Waals surface area contributed by atoms with E-state index in [0.717, 1.165) is 29.7 Å². The van der Waals surface area contributed by atoms with Gasteiger partial charge in [0.1, 0.15) is 11.9 Å². The Morgan fingerprint density at radius 2 is 2.00 bits per heavy atom. The van der Waals surface area contributed by atoms with Gasteiger partial charge in [0, 0.05) is 23.6 Å². The van der Waals surface area contributed by atoms with Crippen LogP contribution in [0.15, 0.2) is 12.1 Å². The van der Waals surface area contributed by atoms with Gasteiger partial charge in [-0.2, -0.15) is 0 Å². The van der Waals surface area contributed by atoms with Gasteiger partial charge in [-0.1, -0.05) is 52.7 Å². The Kier molecular flexibility index (Phi) is 6.49. The summed E-state index contributed by atoms with van der Waals surface area (Å²) in [4.78, 5) is 0. The van der Waals surface area contributed by atoms with Gasteiger partial charge in [0.2, 0.25) is 0 Å². The molecule has 26 heavy (non-hydrogen) atoms. The Morgan fingerprint density at radius 1 is 1.31 bits per heavy atom. The molecule has 1 heterocycles. The summed E-state index contributed by atoms with van der Waals surface area (Å²) in [5, 5.41) is 10.7. The zero-order valence-corrected chi connectivity index (χ0v) is 18.6. The second-order valence-corrected chi connectivity index (χ2v) is 13.6. The molecule has 0 bridgehead atoms. The number of phenols is 1. The molecule has 1 aliphatic heterocycles. The van der Waals surface area contributed by atoms with Crippen LogP contribution in [-0.4, -0.2) is 19.5 Å². The predicted molar refractivity (Wildman–Crippen MR) is 113 cm³/mol. The van der Waals surface area contributed by atoms with Crippen molar-refractivity contribution in [2.45, 2.75) is 91.0 Å². The SMILES string of the molecule is CC=Cc1c(O[Si](C)(C)C(C)(C)C)cc(O)c2c1CC(CCCCC)O2. The van der Waals surface area contributed by atoms with Crippen LogP contribution in [-0.2, 0) is 6.42 Å². The third-order valence-corrected chi connectivity index (χ3v) is 10.1. The van der Waals surface area contributed by atoms with E-state index in [2.05, 4.69) is 46.9 Å². The first-order valence-corrected chi connectivity index (χ1v) is 12.9. The molecule has 2 rings (SSSR count). The molecule has 0 aliphatic carbocycles. The van der Waals surface area contributed by atoms with E-state index in [1.807, 2.05) is 13.0 Å². The molecule has 0 aromatic heterocycles. The number of phenolic OH excluding ortho intramolecular Hbond substituents is 1. The fourth-order valence-electron chi connectivity index (χ4n) is 3.11. The molecular weight excluding hydrogens is 340 g/mol. The molecule has 0 radical (unpaired) electrons. The highest BCUT2D eigenvalue weighted by atomic mass is 28.4. The van der Waals surface area contributed by atoms with E-state index in [4.69, 9.17) is 9.16 Å². The Morgan fingerprint density at radius 3 is 2.58 bits per heavy atom. The average Bonchev–Trinajstić information content (AvgIpc) is 2.94. The van der Waals surface area contributed by atoms with Crippen molar-refractivity contribution in [2.75, 3.05) is 0 Å². The highest BCUT2D eigenvalue weighted by molar-refractivity contribution is 6.74. The standard InChI is InChI=1S/C22H36O3Si/c1-8-10-11-13-16-14-18-17(12-9-2)20(15-19(23)21(18)24-16)25-26(6,7)22(3,4)5/h9,12,15-16,23H,8,10-11,13-14H2,1-7H3. The normalized spacial score (nSPS) is 17.4. The number of hydrogen-bond acceptors (Lipinski definition) is 3. The zero-order valence-electron chi connectivity index (χ0n) is 17.6. The summed E-state index contributed by atoms with van der Waals surface area (Å²) in [6, 6.07) is 1.75. The van der Waals surface area contributed by atoms with Crippen LogP contribution in [0.1, 0.15) is 71.4 Å². The molecule has 3 nitrogen and oxygen atoms in total. The van der Waals surface area contributed by atoms with Crippen molar-refractivity contribution in [1.29, 1.82) is 0 Å². The Labute approximate surface area is 160 Å². The Balaban J connectivity index is 2.36. The molecule has 4 heteroatoms. The molecule has 0 amide bonds. The smallest absolute Gasteiger partial charge is 0.250 e. The van der Waals surface area contributed by atoms with Crippen molar-refractivity contribution < 1.29 is 14.3 Å². The Hall–Kier alpha value is -1.42. The van der Waals surface area contributed by atoms with Crippen LogP contribution >= 0.6 is 0 Å². The van der Waals surface area contributed by atoms with Crippen LogP contribution in [0.3, 0.4) is 0 Å². The number of benzene rings is 1. The second kappa shape index (κ2) is 8.08. The molecule has 1 aromatic rings. The van der Waals surface area contributed by atoms with E-state index in [1.165, 1.54) is 19.3 Å². The quantitative estimate of drug-likeness (QED) is 0.425. The Bertz CT molecular complexity index is 656. The summed E-state index contributed by atoms with van der Waals surface area (Å²) in [5.74, 6) is 1.66. The van der Waals surface area contributed by atoms with Gasteiger partial charge in [0.25, 0.3) is 8.32 Å². The summed E-state index contributed by atoms with van der Waals surface area (Å²) in [7, 11) is -1.99. The number of unbranched alkanes of at least 4 members (excludes halogenated alkanes) is 2. The van der Waals surface area contributed by atoms with E-state index in [0.29, 0.717) is 5.75 Å². The van der Waals surface area contributed by atoms with E-state index in [-0.39, 0.29) is 16.9 Å². The summed E-state index contributed by atoms with van der Waals surface area (Å²) >= 11 is 0. The maximum atomic E-state index is 10.6. The highest BCUT2D eigenvalue weighted by Gasteiger charge is 2.40. The number of fused-ring (bicyclic) bond motifs is 1. The van der Waals surface area contributed by atoms with Crippen LogP contribution in [0.4, 0.5) is 0 Å². The number of rotatable bonds is 7. The van der Waals surface area contributed by atoms with Gasteiger partial charge in [0.05, 0.1) is 0 Å². The molecule has 1 atom stereocenters. The van der Waals surface area contributed by atoms with E-state index < -0.39 is 8.32 Å². The maximum Gasteiger partial charge on any atom is 0.250 e. The molecule has 0 fully saturated rings. The zero-order chi connectivity index (χ0) is 19.5. The van der Waals surface area contributed by atoms with Crippen molar-refractivity contribution in [1.82, 2.24) is 0 Å². The maximum absolute atomic E-state index is 10.6. The first-order valence-electron chi connectivity index (χ1n) is 9.98. The number of allylic oxidation sites excluding steroid dienone is 1. The van der Waals surface area contributed by atoms with Crippen LogP contribution < -0.4 is 9.16 Å². The molecular formula is C22H36O3Si. The fraction of sp³-hybridized carbons (Fsp3) is 0.636. The average molecular weight is 377 g/mol. The van der Waals surface area contributed by atoms with Gasteiger partial charge >= 0.3 is 0 Å². The van der Waals surface area contributed by atoms with Crippen LogP contribution in [0, 0.1) is 0 Å². The van der Waals surface area contributed by atoms with Gasteiger partial charge < -0.3 is 14.3 Å². The third kappa shape index (κ3) is 4.45. The minimum Gasteiger partial charge on any atom is -0.543 e. The van der Waals surface area contributed by atoms with Gasteiger partial charge in [-0.3, -0.25) is 0 Å². The first kappa shape index (κ1) is 20.9. The topological polar surface area (TPSA) is 38.7 Å². The van der Waals surface area contributed by atoms with Gasteiger partial charge in [0.15, 0.2) is 11.5 Å². The summed E-state index contributed by atoms with van der Waals surface area (Å²) in [5.41, 5.74) is 2.17. The lowest BCUT2D eigenvalue weighted by Gasteiger charge is -2.37. The summed E-state index contributed by atoms with van der Waals surface area (Å²) < 4.78 is 12.7. The van der Waals surface area contributed by atoms with E-state index in [1.54, 1.807) is 6.07 Å². The molecule has 146 valence electrons. The molecule has 1 N–H and O–H groups in total. The minimum absolute atomic E-state index is 0.105. The fourth-order valence-corrected chi connectivity index (χ4v) is 4.13. The number of hydrogen-bond donors (Lipinski definition) is 1. The minimum atomic E-state index is -1.99. The van der Waals surface area contributed by atoms with Crippen molar-refractivity contribution in [3.05, 3.63) is 23.3 Å². The number of ether oxygens (including phenoxy) is 1.